The Labute approximate surface area is 151 Å². The van der Waals surface area contributed by atoms with Gasteiger partial charge in [0.1, 0.15) is 12.2 Å². The lowest BCUT2D eigenvalue weighted by molar-refractivity contribution is -0.167. The molecule has 0 saturated carbocycles. The average Bonchev–Trinajstić information content (AvgIpc) is 3.05. The van der Waals surface area contributed by atoms with Gasteiger partial charge in [-0.25, -0.2) is 0 Å². The first-order chi connectivity index (χ1) is 12.3. The topological polar surface area (TPSA) is 69.7 Å². The number of ether oxygens (including phenoxy) is 2. The van der Waals surface area contributed by atoms with Crippen LogP contribution in [0.5, 0.6) is 0 Å². The molecule has 1 aliphatic rings. The van der Waals surface area contributed by atoms with Gasteiger partial charge in [-0.3, -0.25) is 14.4 Å². The number of ketones is 1. The molecule has 1 saturated heterocycles. The smallest absolute Gasteiger partial charge is 0.325 e. The van der Waals surface area contributed by atoms with Crippen molar-refractivity contribution in [2.24, 2.45) is 5.41 Å². The van der Waals surface area contributed by atoms with Gasteiger partial charge in [0.2, 0.25) is 0 Å². The number of hydrogen-bond acceptors (Lipinski definition) is 5. The lowest BCUT2D eigenvalue weighted by Gasteiger charge is -2.31. The van der Waals surface area contributed by atoms with Crippen molar-refractivity contribution in [3.8, 4) is 0 Å². The number of carbonyl (C=O) groups excluding carboxylic acids is 3. The molecule has 0 aliphatic carbocycles. The summed E-state index contributed by atoms with van der Waals surface area (Å²) in [6.07, 6.45) is -0.315. The van der Waals surface area contributed by atoms with Crippen molar-refractivity contribution in [3.63, 3.8) is 0 Å². The Morgan fingerprint density at radius 1 is 1.00 bits per heavy atom. The zero-order valence-electron chi connectivity index (χ0n) is 14.7. The van der Waals surface area contributed by atoms with Gasteiger partial charge < -0.3 is 9.47 Å². The quantitative estimate of drug-likeness (QED) is 0.469. The molecule has 0 spiro atoms. The van der Waals surface area contributed by atoms with Crippen LogP contribution in [-0.2, 0) is 24.7 Å². The van der Waals surface area contributed by atoms with Crippen LogP contribution in [0.15, 0.2) is 60.7 Å². The minimum atomic E-state index is -1.65. The summed E-state index contributed by atoms with van der Waals surface area (Å²) >= 11 is 0. The molecule has 0 bridgehead atoms. The third-order valence-corrected chi connectivity index (χ3v) is 4.60. The fraction of sp³-hybridized carbons (Fsp3) is 0.286. The molecule has 2 aromatic carbocycles. The number of hydrogen-bond donors (Lipinski definition) is 0. The largest absolute Gasteiger partial charge is 0.464 e. The highest BCUT2D eigenvalue weighted by Gasteiger charge is 2.55. The lowest BCUT2D eigenvalue weighted by atomic mass is 9.79. The molecule has 2 aromatic rings. The Morgan fingerprint density at radius 3 is 2.12 bits per heavy atom. The van der Waals surface area contributed by atoms with Crippen LogP contribution in [0.4, 0.5) is 0 Å². The molecule has 1 atom stereocenters. The van der Waals surface area contributed by atoms with Gasteiger partial charge in [-0.2, -0.15) is 0 Å². The summed E-state index contributed by atoms with van der Waals surface area (Å²) in [5, 5.41) is 0. The summed E-state index contributed by atoms with van der Waals surface area (Å²) in [6.45, 7) is 3.19. The number of esters is 2. The SMILES string of the molecule is CC(C)(OC(=O)[C@@]1(C(=O)c2ccccc2)COC(=O)C1)c1ccccc1. The van der Waals surface area contributed by atoms with Crippen molar-refractivity contribution in [2.45, 2.75) is 25.9 Å². The van der Waals surface area contributed by atoms with E-state index in [1.807, 2.05) is 30.3 Å². The Balaban J connectivity index is 1.92. The maximum absolute atomic E-state index is 13.0. The summed E-state index contributed by atoms with van der Waals surface area (Å²) in [4.78, 5) is 37.8. The average molecular weight is 352 g/mol. The normalized spacial score (nSPS) is 19.7. The molecule has 3 rings (SSSR count). The maximum Gasteiger partial charge on any atom is 0.325 e. The van der Waals surface area contributed by atoms with E-state index in [9.17, 15) is 14.4 Å². The highest BCUT2D eigenvalue weighted by atomic mass is 16.6. The van der Waals surface area contributed by atoms with Gasteiger partial charge in [0, 0.05) is 5.56 Å². The van der Waals surface area contributed by atoms with Crippen molar-refractivity contribution in [1.29, 1.82) is 0 Å². The van der Waals surface area contributed by atoms with Crippen LogP contribution in [0, 0.1) is 5.41 Å². The first-order valence-electron chi connectivity index (χ1n) is 8.40. The number of cyclic esters (lactones) is 1. The molecule has 134 valence electrons. The Bertz CT molecular complexity index is 826. The van der Waals surface area contributed by atoms with Gasteiger partial charge in [-0.05, 0) is 19.4 Å². The summed E-state index contributed by atoms with van der Waals surface area (Å²) in [5.41, 5.74) is -1.46. The van der Waals surface area contributed by atoms with Crippen molar-refractivity contribution < 1.29 is 23.9 Å². The third kappa shape index (κ3) is 3.25. The first kappa shape index (κ1) is 17.9. The zero-order chi connectivity index (χ0) is 18.8. The summed E-state index contributed by atoms with van der Waals surface area (Å²) in [7, 11) is 0. The van der Waals surface area contributed by atoms with Gasteiger partial charge in [0.05, 0.1) is 6.42 Å². The van der Waals surface area contributed by atoms with E-state index in [2.05, 4.69) is 0 Å². The number of carbonyl (C=O) groups is 3. The molecule has 0 aromatic heterocycles. The summed E-state index contributed by atoms with van der Waals surface area (Å²) < 4.78 is 10.7. The van der Waals surface area contributed by atoms with E-state index in [0.717, 1.165) is 5.56 Å². The van der Waals surface area contributed by atoms with Crippen LogP contribution in [0.25, 0.3) is 0 Å². The minimum Gasteiger partial charge on any atom is -0.464 e. The number of Topliss-reactive ketones (excluding diaryl/α,β-unsaturated/α-hetero) is 1. The molecule has 1 heterocycles. The molecular weight excluding hydrogens is 332 g/mol. The molecule has 0 amide bonds. The predicted molar refractivity (Wildman–Crippen MR) is 94.3 cm³/mol. The molecule has 1 fully saturated rings. The van der Waals surface area contributed by atoms with Crippen molar-refractivity contribution >= 4 is 17.7 Å². The highest BCUT2D eigenvalue weighted by molar-refractivity contribution is 6.15. The second-order valence-electron chi connectivity index (χ2n) is 6.88. The molecule has 0 radical (unpaired) electrons. The van der Waals surface area contributed by atoms with E-state index in [1.165, 1.54) is 0 Å². The zero-order valence-corrected chi connectivity index (χ0v) is 14.7. The van der Waals surface area contributed by atoms with Crippen LogP contribution < -0.4 is 0 Å². The van der Waals surface area contributed by atoms with E-state index in [0.29, 0.717) is 5.56 Å². The van der Waals surface area contributed by atoms with Crippen LogP contribution in [0.1, 0.15) is 36.2 Å². The molecule has 0 N–H and O–H groups in total. The molecule has 1 aliphatic heterocycles. The Morgan fingerprint density at radius 2 is 1.58 bits per heavy atom. The number of benzene rings is 2. The van der Waals surface area contributed by atoms with Crippen molar-refractivity contribution in [1.82, 2.24) is 0 Å². The summed E-state index contributed by atoms with van der Waals surface area (Å²) in [6, 6.07) is 17.7. The Hall–Kier alpha value is -2.95. The second kappa shape index (κ2) is 6.75. The van der Waals surface area contributed by atoms with Gasteiger partial charge in [0.25, 0.3) is 0 Å². The fourth-order valence-corrected chi connectivity index (χ4v) is 3.02. The summed E-state index contributed by atoms with van der Waals surface area (Å²) in [5.74, 6) is -1.78. The van der Waals surface area contributed by atoms with Crippen LogP contribution in [0.2, 0.25) is 0 Å². The molecule has 5 heteroatoms. The van der Waals surface area contributed by atoms with Crippen LogP contribution in [0.3, 0.4) is 0 Å². The van der Waals surface area contributed by atoms with Gasteiger partial charge in [-0.15, -0.1) is 0 Å². The van der Waals surface area contributed by atoms with Gasteiger partial charge >= 0.3 is 11.9 Å². The van der Waals surface area contributed by atoms with Gasteiger partial charge in [-0.1, -0.05) is 60.7 Å². The molecular formula is C21H20O5. The standard InChI is InChI=1S/C21H20O5/c1-20(2,16-11-7-4-8-12-16)26-19(24)21(13-17(22)25-14-21)18(23)15-9-5-3-6-10-15/h3-12H,13-14H2,1-2H3/t21-/m1/s1. The Kier molecular flexibility index (Phi) is 4.64. The third-order valence-electron chi connectivity index (χ3n) is 4.60. The predicted octanol–water partition coefficient (Wildman–Crippen LogP) is 3.28. The van der Waals surface area contributed by atoms with Crippen LogP contribution in [-0.4, -0.2) is 24.3 Å². The van der Waals surface area contributed by atoms with Crippen molar-refractivity contribution in [2.75, 3.05) is 6.61 Å². The van der Waals surface area contributed by atoms with Crippen molar-refractivity contribution in [3.05, 3.63) is 71.8 Å². The maximum atomic E-state index is 13.0. The molecule has 26 heavy (non-hydrogen) atoms. The van der Waals surface area contributed by atoms with E-state index >= 15 is 0 Å². The van der Waals surface area contributed by atoms with E-state index in [4.69, 9.17) is 9.47 Å². The van der Waals surface area contributed by atoms with Crippen LogP contribution >= 0.6 is 0 Å². The van der Waals surface area contributed by atoms with E-state index < -0.39 is 28.7 Å². The highest BCUT2D eigenvalue weighted by Crippen LogP contribution is 2.38. The fourth-order valence-electron chi connectivity index (χ4n) is 3.02. The first-order valence-corrected chi connectivity index (χ1v) is 8.40. The molecule has 5 nitrogen and oxygen atoms in total. The van der Waals surface area contributed by atoms with E-state index in [-0.39, 0.29) is 13.0 Å². The lowest BCUT2D eigenvalue weighted by Crippen LogP contribution is -2.44. The number of rotatable bonds is 5. The minimum absolute atomic E-state index is 0.302. The molecule has 0 unspecified atom stereocenters. The monoisotopic (exact) mass is 352 g/mol. The van der Waals surface area contributed by atoms with E-state index in [1.54, 1.807) is 44.2 Å². The van der Waals surface area contributed by atoms with Gasteiger partial charge in [0.15, 0.2) is 11.2 Å². The second-order valence-corrected chi connectivity index (χ2v) is 6.88.